The third-order valence-electron chi connectivity index (χ3n) is 2.64. The zero-order chi connectivity index (χ0) is 11.1. The summed E-state index contributed by atoms with van der Waals surface area (Å²) in [5.41, 5.74) is 0.733. The SMILES string of the molecule is O=C(O)c1cnc2nc(C3CC3)ncc2c1.[Li]. The zero-order valence-electron chi connectivity index (χ0n) is 9.42. The maximum atomic E-state index is 10.7. The van der Waals surface area contributed by atoms with Gasteiger partial charge in [-0.25, -0.2) is 19.7 Å². The van der Waals surface area contributed by atoms with Gasteiger partial charge in [0.2, 0.25) is 0 Å². The molecule has 0 unspecified atom stereocenters. The molecule has 0 aromatic carbocycles. The molecule has 2 aromatic heterocycles. The number of aromatic carboxylic acids is 1. The van der Waals surface area contributed by atoms with Crippen molar-refractivity contribution in [3.05, 3.63) is 29.8 Å². The van der Waals surface area contributed by atoms with E-state index in [1.807, 2.05) is 0 Å². The molecule has 0 saturated heterocycles. The Labute approximate surface area is 109 Å². The Morgan fingerprint density at radius 1 is 1.29 bits per heavy atom. The predicted octanol–water partition coefficient (Wildman–Crippen LogP) is 1.22. The van der Waals surface area contributed by atoms with E-state index in [-0.39, 0.29) is 24.4 Å². The van der Waals surface area contributed by atoms with Gasteiger partial charge in [0.1, 0.15) is 5.82 Å². The smallest absolute Gasteiger partial charge is 0.337 e. The minimum Gasteiger partial charge on any atom is -0.478 e. The molecule has 0 spiro atoms. The van der Waals surface area contributed by atoms with E-state index in [1.165, 1.54) is 6.20 Å². The van der Waals surface area contributed by atoms with Crippen LogP contribution in [0.25, 0.3) is 11.0 Å². The van der Waals surface area contributed by atoms with Crippen LogP contribution in [0.1, 0.15) is 34.9 Å². The zero-order valence-corrected chi connectivity index (χ0v) is 9.42. The molecule has 1 aliphatic carbocycles. The molecule has 0 aliphatic heterocycles. The fraction of sp³-hybridized carbons (Fsp3) is 0.273. The fourth-order valence-corrected chi connectivity index (χ4v) is 1.59. The van der Waals surface area contributed by atoms with Crippen LogP contribution < -0.4 is 0 Å². The van der Waals surface area contributed by atoms with Gasteiger partial charge >= 0.3 is 5.97 Å². The average Bonchev–Trinajstić information content (AvgIpc) is 3.11. The van der Waals surface area contributed by atoms with Gasteiger partial charge in [0.15, 0.2) is 5.65 Å². The van der Waals surface area contributed by atoms with E-state index >= 15 is 0 Å². The molecule has 1 fully saturated rings. The van der Waals surface area contributed by atoms with Crippen molar-refractivity contribution in [1.29, 1.82) is 0 Å². The number of aromatic nitrogens is 3. The van der Waals surface area contributed by atoms with Crippen LogP contribution in [0, 0.1) is 0 Å². The molecule has 0 amide bonds. The summed E-state index contributed by atoms with van der Waals surface area (Å²) < 4.78 is 0. The molecule has 0 atom stereocenters. The van der Waals surface area contributed by atoms with Crippen molar-refractivity contribution in [2.75, 3.05) is 0 Å². The van der Waals surface area contributed by atoms with Gasteiger partial charge in [0, 0.05) is 42.6 Å². The van der Waals surface area contributed by atoms with E-state index in [0.29, 0.717) is 17.0 Å². The molecule has 6 heteroatoms. The molecule has 81 valence electrons. The van der Waals surface area contributed by atoms with Crippen LogP contribution in [0.2, 0.25) is 0 Å². The van der Waals surface area contributed by atoms with Crippen molar-refractivity contribution in [3.63, 3.8) is 0 Å². The van der Waals surface area contributed by atoms with Crippen LogP contribution in [0.3, 0.4) is 0 Å². The second-order valence-corrected chi connectivity index (χ2v) is 3.94. The minimum atomic E-state index is -0.985. The number of fused-ring (bicyclic) bond motifs is 1. The van der Waals surface area contributed by atoms with Crippen LogP contribution in [-0.2, 0) is 0 Å². The molecule has 5 nitrogen and oxygen atoms in total. The van der Waals surface area contributed by atoms with Gasteiger partial charge in [-0.3, -0.25) is 0 Å². The summed E-state index contributed by atoms with van der Waals surface area (Å²) in [6.45, 7) is 0. The van der Waals surface area contributed by atoms with Crippen molar-refractivity contribution in [3.8, 4) is 0 Å². The van der Waals surface area contributed by atoms with Gasteiger partial charge in [-0.15, -0.1) is 0 Å². The fourth-order valence-electron chi connectivity index (χ4n) is 1.59. The number of carboxylic acid groups (broad SMARTS) is 1. The van der Waals surface area contributed by atoms with E-state index in [2.05, 4.69) is 15.0 Å². The van der Waals surface area contributed by atoms with Crippen molar-refractivity contribution < 1.29 is 9.90 Å². The summed E-state index contributed by atoms with van der Waals surface area (Å²) in [4.78, 5) is 23.3. The number of hydrogen-bond acceptors (Lipinski definition) is 4. The monoisotopic (exact) mass is 222 g/mol. The Morgan fingerprint density at radius 3 is 2.71 bits per heavy atom. The summed E-state index contributed by atoms with van der Waals surface area (Å²) in [5.74, 6) is 0.314. The molecule has 17 heavy (non-hydrogen) atoms. The summed E-state index contributed by atoms with van der Waals surface area (Å²) in [5, 5.41) is 9.49. The van der Waals surface area contributed by atoms with Crippen molar-refractivity contribution in [2.45, 2.75) is 18.8 Å². The summed E-state index contributed by atoms with van der Waals surface area (Å²) in [6.07, 6.45) is 5.25. The Balaban J connectivity index is 0.00000108. The summed E-state index contributed by atoms with van der Waals surface area (Å²) >= 11 is 0. The van der Waals surface area contributed by atoms with Gasteiger partial charge in [0.05, 0.1) is 5.56 Å². The van der Waals surface area contributed by atoms with E-state index < -0.39 is 5.97 Å². The van der Waals surface area contributed by atoms with Crippen LogP contribution in [0.4, 0.5) is 0 Å². The number of carbonyl (C=O) groups is 1. The Hall–Kier alpha value is -1.44. The predicted molar refractivity (Wildman–Crippen MR) is 62.0 cm³/mol. The molecule has 1 saturated carbocycles. The Kier molecular flexibility index (Phi) is 3.14. The molecule has 1 N–H and O–H groups in total. The maximum absolute atomic E-state index is 10.7. The molecule has 0 bridgehead atoms. The van der Waals surface area contributed by atoms with E-state index in [0.717, 1.165) is 18.7 Å². The van der Waals surface area contributed by atoms with Gasteiger partial charge in [0.25, 0.3) is 0 Å². The number of nitrogens with zero attached hydrogens (tertiary/aromatic N) is 3. The molecular weight excluding hydrogens is 213 g/mol. The minimum absolute atomic E-state index is 0. The van der Waals surface area contributed by atoms with Crippen molar-refractivity contribution in [2.24, 2.45) is 0 Å². The van der Waals surface area contributed by atoms with Crippen LogP contribution in [0.15, 0.2) is 18.5 Å². The Bertz CT molecular complexity index is 584. The third-order valence-corrected chi connectivity index (χ3v) is 2.64. The van der Waals surface area contributed by atoms with Crippen LogP contribution in [0.5, 0.6) is 0 Å². The first kappa shape index (κ1) is 12.0. The van der Waals surface area contributed by atoms with Crippen molar-refractivity contribution in [1.82, 2.24) is 15.0 Å². The molecule has 1 aliphatic rings. The maximum Gasteiger partial charge on any atom is 0.337 e. The molecule has 2 heterocycles. The van der Waals surface area contributed by atoms with Gasteiger partial charge < -0.3 is 5.11 Å². The topological polar surface area (TPSA) is 76.0 Å². The van der Waals surface area contributed by atoms with Gasteiger partial charge in [-0.1, -0.05) is 0 Å². The Morgan fingerprint density at radius 2 is 2.06 bits per heavy atom. The van der Waals surface area contributed by atoms with E-state index in [4.69, 9.17) is 5.11 Å². The van der Waals surface area contributed by atoms with Gasteiger partial charge in [-0.2, -0.15) is 0 Å². The molecule has 3 rings (SSSR count). The first-order valence-electron chi connectivity index (χ1n) is 5.10. The number of hydrogen-bond donors (Lipinski definition) is 1. The standard InChI is InChI=1S/C11H9N3O2.Li/c15-11(16)8-3-7-4-12-9(6-1-2-6)14-10(7)13-5-8;/h3-6H,1-2H2,(H,15,16);. The second-order valence-electron chi connectivity index (χ2n) is 3.94. The van der Waals surface area contributed by atoms with Crippen molar-refractivity contribution >= 4 is 35.9 Å². The first-order valence-corrected chi connectivity index (χ1v) is 5.10. The average molecular weight is 222 g/mol. The van der Waals surface area contributed by atoms with Gasteiger partial charge in [-0.05, 0) is 18.9 Å². The number of pyridine rings is 1. The molecule has 1 radical (unpaired) electrons. The molecular formula is C11H9LiN3O2. The van der Waals surface area contributed by atoms with Crippen LogP contribution >= 0.6 is 0 Å². The number of rotatable bonds is 2. The number of carboxylic acids is 1. The second kappa shape index (κ2) is 4.44. The van der Waals surface area contributed by atoms with E-state index in [9.17, 15) is 4.79 Å². The largest absolute Gasteiger partial charge is 0.478 e. The summed E-state index contributed by atoms with van der Waals surface area (Å²) in [6, 6.07) is 1.54. The summed E-state index contributed by atoms with van der Waals surface area (Å²) in [7, 11) is 0. The van der Waals surface area contributed by atoms with E-state index in [1.54, 1.807) is 12.3 Å². The first-order chi connectivity index (χ1) is 7.74. The van der Waals surface area contributed by atoms with Crippen LogP contribution in [-0.4, -0.2) is 44.9 Å². The normalized spacial score (nSPS) is 14.4. The quantitative estimate of drug-likeness (QED) is 0.773. The molecule has 2 aromatic rings. The third kappa shape index (κ3) is 2.31.